The van der Waals surface area contributed by atoms with Crippen LogP contribution >= 0.6 is 0 Å². The molecule has 11 heavy (non-hydrogen) atoms. The van der Waals surface area contributed by atoms with Crippen LogP contribution in [0, 0.1) is 0 Å². The third kappa shape index (κ3) is 3.72. The zero-order chi connectivity index (χ0) is 9.07. The van der Waals surface area contributed by atoms with Gasteiger partial charge in [0.1, 0.15) is 12.2 Å². The van der Waals surface area contributed by atoms with Gasteiger partial charge in [-0.3, -0.25) is 4.79 Å². The summed E-state index contributed by atoms with van der Waals surface area (Å²) in [6, 6.07) is 0. The van der Waals surface area contributed by atoms with E-state index < -0.39 is 18.2 Å². The number of ether oxygens (including phenoxy) is 1. The lowest BCUT2D eigenvalue weighted by molar-refractivity contribution is -0.153. The van der Waals surface area contributed by atoms with Gasteiger partial charge in [-0.1, -0.05) is 0 Å². The normalized spacial score (nSPS) is 11.2. The SMILES string of the molecule is CC(=O)C(C)(C)OCC(=O)O. The molecule has 0 saturated heterocycles. The summed E-state index contributed by atoms with van der Waals surface area (Å²) >= 11 is 0. The Morgan fingerprint density at radius 2 is 1.91 bits per heavy atom. The van der Waals surface area contributed by atoms with E-state index in [9.17, 15) is 9.59 Å². The molecule has 1 N–H and O–H groups in total. The van der Waals surface area contributed by atoms with Gasteiger partial charge in [-0.25, -0.2) is 4.79 Å². The molecular weight excluding hydrogens is 148 g/mol. The number of carbonyl (C=O) groups is 2. The van der Waals surface area contributed by atoms with Crippen molar-refractivity contribution in [3.8, 4) is 0 Å². The Bertz CT molecular complexity index is 171. The zero-order valence-electron chi connectivity index (χ0n) is 6.88. The highest BCUT2D eigenvalue weighted by atomic mass is 16.5. The van der Waals surface area contributed by atoms with Crippen molar-refractivity contribution in [3.63, 3.8) is 0 Å². The second-order valence-corrected chi connectivity index (χ2v) is 2.75. The van der Waals surface area contributed by atoms with E-state index in [2.05, 4.69) is 0 Å². The van der Waals surface area contributed by atoms with Gasteiger partial charge in [0.05, 0.1) is 0 Å². The Balaban J connectivity index is 3.92. The first-order valence-corrected chi connectivity index (χ1v) is 3.23. The molecule has 0 spiro atoms. The molecule has 0 fully saturated rings. The van der Waals surface area contributed by atoms with Crippen LogP contribution in [0.4, 0.5) is 0 Å². The van der Waals surface area contributed by atoms with E-state index in [4.69, 9.17) is 9.84 Å². The molecule has 64 valence electrons. The minimum atomic E-state index is -1.07. The number of rotatable bonds is 4. The summed E-state index contributed by atoms with van der Waals surface area (Å²) in [6.45, 7) is 4.00. The molecule has 0 radical (unpaired) electrons. The molecule has 0 rings (SSSR count). The highest BCUT2D eigenvalue weighted by Crippen LogP contribution is 2.09. The molecular formula is C7H12O4. The number of aliphatic carboxylic acids is 1. The van der Waals surface area contributed by atoms with Crippen LogP contribution in [0.5, 0.6) is 0 Å². The van der Waals surface area contributed by atoms with Crippen molar-refractivity contribution in [2.75, 3.05) is 6.61 Å². The van der Waals surface area contributed by atoms with Gasteiger partial charge in [0.15, 0.2) is 5.78 Å². The standard InChI is InChI=1S/C7H12O4/c1-5(8)7(2,3)11-4-6(9)10/h4H2,1-3H3,(H,9,10). The molecule has 0 heterocycles. The molecule has 0 aromatic heterocycles. The fourth-order valence-corrected chi connectivity index (χ4v) is 0.344. The van der Waals surface area contributed by atoms with Crippen molar-refractivity contribution in [1.82, 2.24) is 0 Å². The lowest BCUT2D eigenvalue weighted by atomic mass is 10.1. The van der Waals surface area contributed by atoms with Gasteiger partial charge in [-0.05, 0) is 20.8 Å². The second kappa shape index (κ2) is 3.48. The first kappa shape index (κ1) is 10.1. The molecule has 0 aromatic carbocycles. The fraction of sp³-hybridized carbons (Fsp3) is 0.714. The van der Waals surface area contributed by atoms with Crippen LogP contribution in [0.15, 0.2) is 0 Å². The number of carboxylic acid groups (broad SMARTS) is 1. The highest BCUT2D eigenvalue weighted by Gasteiger charge is 2.24. The first-order chi connectivity index (χ1) is 4.86. The summed E-state index contributed by atoms with van der Waals surface area (Å²) in [7, 11) is 0. The van der Waals surface area contributed by atoms with E-state index in [0.717, 1.165) is 0 Å². The predicted octanol–water partition coefficient (Wildman–Crippen LogP) is 0.455. The molecule has 0 amide bonds. The van der Waals surface area contributed by atoms with Crippen LogP contribution in [0.25, 0.3) is 0 Å². The smallest absolute Gasteiger partial charge is 0.329 e. The van der Waals surface area contributed by atoms with E-state index in [1.54, 1.807) is 0 Å². The Morgan fingerprint density at radius 1 is 1.45 bits per heavy atom. The summed E-state index contributed by atoms with van der Waals surface area (Å²) < 4.78 is 4.80. The lowest BCUT2D eigenvalue weighted by Gasteiger charge is -2.20. The van der Waals surface area contributed by atoms with Crippen molar-refractivity contribution in [2.24, 2.45) is 0 Å². The number of hydrogen-bond acceptors (Lipinski definition) is 3. The molecule has 0 aliphatic carbocycles. The maximum atomic E-state index is 10.8. The minimum Gasteiger partial charge on any atom is -0.480 e. The van der Waals surface area contributed by atoms with Crippen LogP contribution < -0.4 is 0 Å². The average Bonchev–Trinajstić information content (AvgIpc) is 1.84. The van der Waals surface area contributed by atoms with Crippen molar-refractivity contribution in [1.29, 1.82) is 0 Å². The maximum absolute atomic E-state index is 10.8. The number of ketones is 1. The highest BCUT2D eigenvalue weighted by molar-refractivity contribution is 5.84. The van der Waals surface area contributed by atoms with Crippen molar-refractivity contribution < 1.29 is 19.4 Å². The zero-order valence-corrected chi connectivity index (χ0v) is 6.88. The number of hydrogen-bond donors (Lipinski definition) is 1. The summed E-state index contributed by atoms with van der Waals surface area (Å²) in [5, 5.41) is 8.22. The Kier molecular flexibility index (Phi) is 3.19. The average molecular weight is 160 g/mol. The number of carboxylic acids is 1. The van der Waals surface area contributed by atoms with E-state index in [0.29, 0.717) is 0 Å². The monoisotopic (exact) mass is 160 g/mol. The van der Waals surface area contributed by atoms with Gasteiger partial charge in [-0.15, -0.1) is 0 Å². The third-order valence-electron chi connectivity index (χ3n) is 1.40. The molecule has 0 unspecified atom stereocenters. The van der Waals surface area contributed by atoms with Gasteiger partial charge >= 0.3 is 5.97 Å². The van der Waals surface area contributed by atoms with E-state index >= 15 is 0 Å². The van der Waals surface area contributed by atoms with Crippen molar-refractivity contribution in [2.45, 2.75) is 26.4 Å². The van der Waals surface area contributed by atoms with Gasteiger partial charge in [0.25, 0.3) is 0 Å². The molecule has 0 saturated carbocycles. The van der Waals surface area contributed by atoms with E-state index in [1.807, 2.05) is 0 Å². The van der Waals surface area contributed by atoms with Crippen LogP contribution in [-0.2, 0) is 14.3 Å². The predicted molar refractivity (Wildman–Crippen MR) is 38.3 cm³/mol. The van der Waals surface area contributed by atoms with Crippen LogP contribution in [0.2, 0.25) is 0 Å². The molecule has 0 aromatic rings. The van der Waals surface area contributed by atoms with Crippen molar-refractivity contribution >= 4 is 11.8 Å². The first-order valence-electron chi connectivity index (χ1n) is 3.23. The third-order valence-corrected chi connectivity index (χ3v) is 1.40. The minimum absolute atomic E-state index is 0.182. The van der Waals surface area contributed by atoms with Gasteiger partial charge < -0.3 is 9.84 Å². The molecule has 4 heteroatoms. The fourth-order valence-electron chi connectivity index (χ4n) is 0.344. The molecule has 0 atom stereocenters. The molecule has 0 aliphatic heterocycles. The van der Waals surface area contributed by atoms with Crippen LogP contribution in [-0.4, -0.2) is 29.1 Å². The topological polar surface area (TPSA) is 63.6 Å². The Morgan fingerprint density at radius 3 is 2.18 bits per heavy atom. The number of Topliss-reactive ketones (excluding diaryl/α,β-unsaturated/α-hetero) is 1. The quantitative estimate of drug-likeness (QED) is 0.648. The molecule has 4 nitrogen and oxygen atoms in total. The van der Waals surface area contributed by atoms with E-state index in [-0.39, 0.29) is 5.78 Å². The molecule has 0 bridgehead atoms. The number of carbonyl (C=O) groups excluding carboxylic acids is 1. The van der Waals surface area contributed by atoms with Crippen molar-refractivity contribution in [3.05, 3.63) is 0 Å². The summed E-state index contributed by atoms with van der Waals surface area (Å²) in [5.41, 5.74) is -0.988. The maximum Gasteiger partial charge on any atom is 0.329 e. The Labute approximate surface area is 65.2 Å². The molecule has 0 aliphatic rings. The summed E-state index contributed by atoms with van der Waals surface area (Å²) in [4.78, 5) is 20.8. The lowest BCUT2D eigenvalue weighted by Crippen LogP contribution is -2.34. The van der Waals surface area contributed by atoms with Crippen LogP contribution in [0.3, 0.4) is 0 Å². The van der Waals surface area contributed by atoms with Crippen LogP contribution in [0.1, 0.15) is 20.8 Å². The van der Waals surface area contributed by atoms with Gasteiger partial charge in [-0.2, -0.15) is 0 Å². The second-order valence-electron chi connectivity index (χ2n) is 2.75. The summed E-state index contributed by atoms with van der Waals surface area (Å²) in [6.07, 6.45) is 0. The van der Waals surface area contributed by atoms with E-state index in [1.165, 1.54) is 20.8 Å². The van der Waals surface area contributed by atoms with Gasteiger partial charge in [0.2, 0.25) is 0 Å². The summed E-state index contributed by atoms with van der Waals surface area (Å²) in [5.74, 6) is -1.25. The Hall–Kier alpha value is -0.900. The van der Waals surface area contributed by atoms with Gasteiger partial charge in [0, 0.05) is 0 Å². The largest absolute Gasteiger partial charge is 0.480 e.